The van der Waals surface area contributed by atoms with Crippen molar-refractivity contribution in [1.29, 1.82) is 0 Å². The van der Waals surface area contributed by atoms with E-state index in [1.807, 2.05) is 24.3 Å². The lowest BCUT2D eigenvalue weighted by molar-refractivity contribution is -0.420. The molecule has 1 aromatic rings. The van der Waals surface area contributed by atoms with Crippen LogP contribution in [0, 0.1) is 16.5 Å². The minimum atomic E-state index is -0.393. The van der Waals surface area contributed by atoms with E-state index in [2.05, 4.69) is 5.32 Å². The molecule has 0 aliphatic heterocycles. The van der Waals surface area contributed by atoms with Crippen molar-refractivity contribution < 1.29 is 10.0 Å². The highest BCUT2D eigenvalue weighted by Crippen LogP contribution is 2.21. The van der Waals surface area contributed by atoms with Gasteiger partial charge in [0.2, 0.25) is 0 Å². The van der Waals surface area contributed by atoms with Gasteiger partial charge in [-0.05, 0) is 50.0 Å². The molecule has 1 atom stereocenters. The number of hydrogen-bond acceptors (Lipinski definition) is 4. The molecule has 1 aliphatic rings. The molecule has 2 rings (SSSR count). The Bertz CT molecular complexity index is 545. The number of hydrogen-bond donors (Lipinski definition) is 2. The Balaban J connectivity index is 2.08. The highest BCUT2D eigenvalue weighted by Gasteiger charge is 2.19. The van der Waals surface area contributed by atoms with Crippen LogP contribution in [0.2, 0.25) is 0 Å². The van der Waals surface area contributed by atoms with E-state index in [1.54, 1.807) is 19.4 Å². The van der Waals surface area contributed by atoms with Crippen LogP contribution in [0.3, 0.4) is 0 Å². The molecule has 0 aromatic heterocycles. The zero-order valence-electron chi connectivity index (χ0n) is 11.2. The summed E-state index contributed by atoms with van der Waals surface area (Å²) in [6, 6.07) is 7.52. The lowest BCUT2D eigenvalue weighted by Crippen LogP contribution is -2.12. The number of aliphatic hydroxyl groups excluding tert-OH is 1. The van der Waals surface area contributed by atoms with Crippen molar-refractivity contribution in [3.8, 4) is 0 Å². The molecule has 0 fully saturated rings. The molecule has 105 valence electrons. The number of nitrogens with one attached hydrogen (secondary N) is 1. The molecule has 5 heteroatoms. The first-order chi connectivity index (χ1) is 9.56. The van der Waals surface area contributed by atoms with Gasteiger partial charge in [-0.3, -0.25) is 10.1 Å². The average molecular weight is 273 g/mol. The molecule has 0 unspecified atom stereocenters. The third-order valence-corrected chi connectivity index (χ3v) is 2.97. The van der Waals surface area contributed by atoms with Crippen molar-refractivity contribution >= 4 is 5.69 Å². The van der Waals surface area contributed by atoms with Crippen LogP contribution in [-0.2, 0) is 6.42 Å². The first-order valence-electron chi connectivity index (χ1n) is 6.48. The number of nitro groups is 1. The third-order valence-electron chi connectivity index (χ3n) is 2.97. The van der Waals surface area contributed by atoms with E-state index in [0.717, 1.165) is 11.3 Å². The molecule has 0 bridgehead atoms. The lowest BCUT2D eigenvalue weighted by Gasteiger charge is -2.12. The van der Waals surface area contributed by atoms with Crippen molar-refractivity contribution in [3.63, 3.8) is 0 Å². The van der Waals surface area contributed by atoms with E-state index in [1.165, 1.54) is 6.08 Å². The normalized spacial score (nSPS) is 16.1. The van der Waals surface area contributed by atoms with Gasteiger partial charge in [0.25, 0.3) is 5.70 Å². The van der Waals surface area contributed by atoms with Crippen LogP contribution < -0.4 is 5.32 Å². The fourth-order valence-electron chi connectivity index (χ4n) is 2.05. The van der Waals surface area contributed by atoms with Gasteiger partial charge in [0.1, 0.15) is 5.70 Å². The Morgan fingerprint density at radius 2 is 2.10 bits per heavy atom. The van der Waals surface area contributed by atoms with E-state index in [-0.39, 0.29) is 11.8 Å². The summed E-state index contributed by atoms with van der Waals surface area (Å²) in [7, 11) is 0. The summed E-state index contributed by atoms with van der Waals surface area (Å²) < 4.78 is 0. The van der Waals surface area contributed by atoms with Crippen LogP contribution in [0.15, 0.2) is 47.8 Å². The fourth-order valence-corrected chi connectivity index (χ4v) is 2.05. The minimum Gasteiger partial charge on any atom is -0.393 e. The quantitative estimate of drug-likeness (QED) is 0.639. The summed E-state index contributed by atoms with van der Waals surface area (Å²) in [5.41, 5.74) is 2.41. The lowest BCUT2D eigenvalue weighted by atomic mass is 10.1. The van der Waals surface area contributed by atoms with Crippen molar-refractivity contribution in [2.75, 3.05) is 5.32 Å². The van der Waals surface area contributed by atoms with Crippen LogP contribution in [0.5, 0.6) is 0 Å². The maximum atomic E-state index is 10.9. The molecular formula is C15H17N2O3. The summed E-state index contributed by atoms with van der Waals surface area (Å²) in [4.78, 5) is 10.5. The summed E-state index contributed by atoms with van der Waals surface area (Å²) in [6.45, 7) is 1.74. The Morgan fingerprint density at radius 1 is 1.40 bits per heavy atom. The molecule has 0 amide bonds. The summed E-state index contributed by atoms with van der Waals surface area (Å²) >= 11 is 0. The van der Waals surface area contributed by atoms with Crippen molar-refractivity contribution in [1.82, 2.24) is 0 Å². The Morgan fingerprint density at radius 3 is 2.70 bits per heavy atom. The average Bonchev–Trinajstić information content (AvgIpc) is 2.41. The van der Waals surface area contributed by atoms with Gasteiger partial charge >= 0.3 is 0 Å². The second-order valence-corrected chi connectivity index (χ2v) is 4.77. The van der Waals surface area contributed by atoms with Crippen molar-refractivity contribution in [2.45, 2.75) is 25.9 Å². The van der Waals surface area contributed by atoms with Crippen molar-refractivity contribution in [3.05, 3.63) is 69.9 Å². The summed E-state index contributed by atoms with van der Waals surface area (Å²) in [6.07, 6.45) is 5.97. The first kappa shape index (κ1) is 14.3. The van der Waals surface area contributed by atoms with Crippen LogP contribution in [0.4, 0.5) is 5.69 Å². The molecule has 1 aliphatic carbocycles. The molecule has 2 N–H and O–H groups in total. The summed E-state index contributed by atoms with van der Waals surface area (Å²) in [5, 5.41) is 23.3. The van der Waals surface area contributed by atoms with Crippen LogP contribution in [0.1, 0.15) is 18.9 Å². The predicted octanol–water partition coefficient (Wildman–Crippen LogP) is 2.67. The van der Waals surface area contributed by atoms with E-state index < -0.39 is 4.92 Å². The smallest absolute Gasteiger partial charge is 0.288 e. The standard InChI is InChI=1S/C15H17N2O3/c1-11(18)10-12-6-8-13(9-7-12)16-14-4-2-3-5-15(14)17(19)20/h3-9,11,16,18H,2,10H2,1H3/t11-/m1/s1. The van der Waals surface area contributed by atoms with E-state index in [9.17, 15) is 15.2 Å². The third kappa shape index (κ3) is 3.68. The molecule has 1 aromatic carbocycles. The van der Waals surface area contributed by atoms with Gasteiger partial charge in [0.05, 0.1) is 11.0 Å². The monoisotopic (exact) mass is 273 g/mol. The molecule has 5 nitrogen and oxygen atoms in total. The number of allylic oxidation sites excluding steroid dienone is 2. The zero-order chi connectivity index (χ0) is 14.5. The molecule has 20 heavy (non-hydrogen) atoms. The topological polar surface area (TPSA) is 75.4 Å². The van der Waals surface area contributed by atoms with Gasteiger partial charge in [-0.2, -0.15) is 0 Å². The van der Waals surface area contributed by atoms with Gasteiger partial charge in [-0.15, -0.1) is 0 Å². The molecule has 0 spiro atoms. The molecule has 0 saturated heterocycles. The fraction of sp³-hybridized carbons (Fsp3) is 0.267. The highest BCUT2D eigenvalue weighted by atomic mass is 16.6. The Hall–Kier alpha value is -2.14. The maximum absolute atomic E-state index is 10.9. The highest BCUT2D eigenvalue weighted by molar-refractivity contribution is 5.54. The van der Waals surface area contributed by atoms with Gasteiger partial charge in [-0.1, -0.05) is 18.2 Å². The maximum Gasteiger partial charge on any atom is 0.288 e. The van der Waals surface area contributed by atoms with Crippen molar-refractivity contribution in [2.24, 2.45) is 0 Å². The minimum absolute atomic E-state index is 0.0734. The van der Waals surface area contributed by atoms with Crippen LogP contribution in [0.25, 0.3) is 0 Å². The molecular weight excluding hydrogens is 256 g/mol. The second-order valence-electron chi connectivity index (χ2n) is 4.77. The number of anilines is 1. The Kier molecular flexibility index (Phi) is 4.53. The number of rotatable bonds is 5. The second kappa shape index (κ2) is 6.34. The number of nitrogens with zero attached hydrogens (tertiary/aromatic N) is 1. The number of aliphatic hydroxyl groups is 1. The largest absolute Gasteiger partial charge is 0.393 e. The van der Waals surface area contributed by atoms with E-state index in [0.29, 0.717) is 18.5 Å². The van der Waals surface area contributed by atoms with Crippen LogP contribution in [-0.4, -0.2) is 16.1 Å². The first-order valence-corrected chi connectivity index (χ1v) is 6.48. The zero-order valence-corrected chi connectivity index (χ0v) is 11.2. The van der Waals surface area contributed by atoms with E-state index >= 15 is 0 Å². The molecule has 1 radical (unpaired) electrons. The van der Waals surface area contributed by atoms with Gasteiger partial charge in [0.15, 0.2) is 0 Å². The molecule has 0 saturated carbocycles. The van der Waals surface area contributed by atoms with Gasteiger partial charge < -0.3 is 10.4 Å². The van der Waals surface area contributed by atoms with Gasteiger partial charge in [0, 0.05) is 5.69 Å². The van der Waals surface area contributed by atoms with E-state index in [4.69, 9.17) is 0 Å². The summed E-state index contributed by atoms with van der Waals surface area (Å²) in [5.74, 6) is 0. The van der Waals surface area contributed by atoms with Gasteiger partial charge in [-0.25, -0.2) is 0 Å². The SMILES string of the molecule is C[C@@H](O)Cc1ccc(NC2=CC[CH]C=C2[N+](=O)[O-])cc1. The van der Waals surface area contributed by atoms with Crippen LogP contribution >= 0.6 is 0 Å². The molecule has 0 heterocycles. The Labute approximate surface area is 117 Å². The predicted molar refractivity (Wildman–Crippen MR) is 77.5 cm³/mol. The number of benzene rings is 1.